The van der Waals surface area contributed by atoms with Crippen LogP contribution >= 0.6 is 0 Å². The lowest BCUT2D eigenvalue weighted by atomic mass is 10.2. The van der Waals surface area contributed by atoms with E-state index in [0.717, 1.165) is 5.75 Å². The van der Waals surface area contributed by atoms with Gasteiger partial charge in [0.25, 0.3) is 5.91 Å². The van der Waals surface area contributed by atoms with E-state index in [1.165, 1.54) is 23.2 Å². The van der Waals surface area contributed by atoms with Gasteiger partial charge in [-0.2, -0.15) is 5.10 Å². The number of halogens is 1. The molecule has 0 aliphatic carbocycles. The molecule has 0 fully saturated rings. The van der Waals surface area contributed by atoms with Gasteiger partial charge in [0.2, 0.25) is 0 Å². The zero-order chi connectivity index (χ0) is 17.2. The standard InChI is InChI=1S/C18H15FN4O2/c19-15-7-4-8-20-17(15)22-9-10-23-16(18(22)24)11-13(21-23)12-25-14-5-2-1-3-6-14/h1-8,11H,9-10,12H2. The van der Waals surface area contributed by atoms with Crippen LogP contribution in [0.5, 0.6) is 5.75 Å². The van der Waals surface area contributed by atoms with E-state index in [0.29, 0.717) is 24.5 Å². The first-order chi connectivity index (χ1) is 12.2. The summed E-state index contributed by atoms with van der Waals surface area (Å²) in [5.41, 5.74) is 1.05. The first-order valence-electron chi connectivity index (χ1n) is 7.89. The Kier molecular flexibility index (Phi) is 3.89. The smallest absolute Gasteiger partial charge is 0.277 e. The van der Waals surface area contributed by atoms with E-state index in [1.807, 2.05) is 30.3 Å². The SMILES string of the molecule is O=C1c2cc(COc3ccccc3)nn2CCN1c1ncccc1F. The fourth-order valence-corrected chi connectivity index (χ4v) is 2.77. The number of benzene rings is 1. The Morgan fingerprint density at radius 2 is 1.96 bits per heavy atom. The number of anilines is 1. The number of amides is 1. The molecule has 0 unspecified atom stereocenters. The lowest BCUT2D eigenvalue weighted by Crippen LogP contribution is -2.41. The van der Waals surface area contributed by atoms with Gasteiger partial charge in [0, 0.05) is 12.7 Å². The van der Waals surface area contributed by atoms with Gasteiger partial charge < -0.3 is 4.74 Å². The molecule has 6 nitrogen and oxygen atoms in total. The molecule has 4 rings (SSSR count). The van der Waals surface area contributed by atoms with Crippen molar-refractivity contribution in [1.82, 2.24) is 14.8 Å². The van der Waals surface area contributed by atoms with Crippen molar-refractivity contribution in [2.45, 2.75) is 13.2 Å². The van der Waals surface area contributed by atoms with Gasteiger partial charge >= 0.3 is 0 Å². The van der Waals surface area contributed by atoms with Gasteiger partial charge in [0.1, 0.15) is 23.7 Å². The zero-order valence-electron chi connectivity index (χ0n) is 13.3. The Balaban J connectivity index is 1.54. The van der Waals surface area contributed by atoms with Crippen LogP contribution < -0.4 is 9.64 Å². The monoisotopic (exact) mass is 338 g/mol. The Hall–Kier alpha value is -3.22. The van der Waals surface area contributed by atoms with Crippen LogP contribution in [0.2, 0.25) is 0 Å². The third-order valence-corrected chi connectivity index (χ3v) is 3.95. The molecule has 25 heavy (non-hydrogen) atoms. The van der Waals surface area contributed by atoms with Gasteiger partial charge in [0.05, 0.1) is 6.54 Å². The Labute approximate surface area is 143 Å². The molecule has 0 N–H and O–H groups in total. The summed E-state index contributed by atoms with van der Waals surface area (Å²) in [6.07, 6.45) is 1.47. The van der Waals surface area contributed by atoms with E-state index in [-0.39, 0.29) is 18.3 Å². The fraction of sp³-hybridized carbons (Fsp3) is 0.167. The average Bonchev–Trinajstić information content (AvgIpc) is 3.06. The highest BCUT2D eigenvalue weighted by Crippen LogP contribution is 2.22. The number of nitrogens with zero attached hydrogens (tertiary/aromatic N) is 4. The molecule has 1 aliphatic rings. The number of carbonyl (C=O) groups is 1. The van der Waals surface area contributed by atoms with Crippen molar-refractivity contribution in [3.8, 4) is 5.75 Å². The highest BCUT2D eigenvalue weighted by atomic mass is 19.1. The van der Waals surface area contributed by atoms with Crippen molar-refractivity contribution in [2.24, 2.45) is 0 Å². The summed E-state index contributed by atoms with van der Waals surface area (Å²) in [5, 5.41) is 4.40. The summed E-state index contributed by atoms with van der Waals surface area (Å²) in [4.78, 5) is 18.0. The largest absolute Gasteiger partial charge is 0.487 e. The minimum Gasteiger partial charge on any atom is -0.487 e. The normalized spacial score (nSPS) is 13.6. The van der Waals surface area contributed by atoms with Crippen molar-refractivity contribution in [3.05, 3.63) is 71.9 Å². The number of para-hydroxylation sites is 1. The summed E-state index contributed by atoms with van der Waals surface area (Å²) >= 11 is 0. The molecule has 1 aliphatic heterocycles. The van der Waals surface area contributed by atoms with E-state index in [4.69, 9.17) is 4.74 Å². The summed E-state index contributed by atoms with van der Waals surface area (Å²) in [6, 6.07) is 13.9. The van der Waals surface area contributed by atoms with Crippen molar-refractivity contribution in [2.75, 3.05) is 11.4 Å². The molecule has 126 valence electrons. The highest BCUT2D eigenvalue weighted by Gasteiger charge is 2.29. The zero-order valence-corrected chi connectivity index (χ0v) is 13.3. The van der Waals surface area contributed by atoms with E-state index in [9.17, 15) is 9.18 Å². The number of ether oxygens (including phenoxy) is 1. The number of hydrogen-bond acceptors (Lipinski definition) is 4. The van der Waals surface area contributed by atoms with Crippen LogP contribution in [0, 0.1) is 5.82 Å². The predicted octanol–water partition coefficient (Wildman–Crippen LogP) is 2.66. The molecule has 0 radical (unpaired) electrons. The van der Waals surface area contributed by atoms with Gasteiger partial charge in [-0.3, -0.25) is 14.4 Å². The molecular weight excluding hydrogens is 323 g/mol. The summed E-state index contributed by atoms with van der Waals surface area (Å²) < 4.78 is 21.2. The van der Waals surface area contributed by atoms with Gasteiger partial charge in [-0.15, -0.1) is 0 Å². The molecule has 0 bridgehead atoms. The Morgan fingerprint density at radius 3 is 2.76 bits per heavy atom. The van der Waals surface area contributed by atoms with E-state index < -0.39 is 5.82 Å². The number of rotatable bonds is 4. The van der Waals surface area contributed by atoms with Crippen molar-refractivity contribution < 1.29 is 13.9 Å². The third-order valence-electron chi connectivity index (χ3n) is 3.95. The minimum atomic E-state index is -0.517. The van der Waals surface area contributed by atoms with Crippen molar-refractivity contribution in [1.29, 1.82) is 0 Å². The van der Waals surface area contributed by atoms with Crippen LogP contribution in [-0.2, 0) is 13.2 Å². The van der Waals surface area contributed by atoms with Crippen molar-refractivity contribution in [3.63, 3.8) is 0 Å². The maximum atomic E-state index is 13.9. The molecule has 3 heterocycles. The molecule has 1 amide bonds. The van der Waals surface area contributed by atoms with E-state index in [2.05, 4.69) is 10.1 Å². The summed E-state index contributed by atoms with van der Waals surface area (Å²) in [5.74, 6) is -0.0576. The average molecular weight is 338 g/mol. The maximum absolute atomic E-state index is 13.9. The maximum Gasteiger partial charge on any atom is 0.277 e. The van der Waals surface area contributed by atoms with Gasteiger partial charge in [-0.05, 0) is 30.3 Å². The van der Waals surface area contributed by atoms with Crippen LogP contribution in [0.25, 0.3) is 0 Å². The van der Waals surface area contributed by atoms with Gasteiger partial charge in [0.15, 0.2) is 11.6 Å². The molecule has 3 aromatic rings. The number of carbonyl (C=O) groups excluding carboxylic acids is 1. The molecule has 0 saturated heterocycles. The second-order valence-corrected chi connectivity index (χ2v) is 5.61. The molecule has 2 aromatic heterocycles. The van der Waals surface area contributed by atoms with Crippen LogP contribution in [0.1, 0.15) is 16.2 Å². The lowest BCUT2D eigenvalue weighted by Gasteiger charge is -2.26. The van der Waals surface area contributed by atoms with Gasteiger partial charge in [-0.1, -0.05) is 18.2 Å². The van der Waals surface area contributed by atoms with E-state index in [1.54, 1.807) is 10.7 Å². The minimum absolute atomic E-state index is 0.0436. The number of pyridine rings is 1. The first-order valence-corrected chi connectivity index (χ1v) is 7.89. The molecule has 0 saturated carbocycles. The lowest BCUT2D eigenvalue weighted by molar-refractivity contribution is 0.0960. The second-order valence-electron chi connectivity index (χ2n) is 5.61. The Bertz CT molecular complexity index is 910. The van der Waals surface area contributed by atoms with E-state index >= 15 is 0 Å². The van der Waals surface area contributed by atoms with Gasteiger partial charge in [-0.25, -0.2) is 9.37 Å². The summed E-state index contributed by atoms with van der Waals surface area (Å²) in [6.45, 7) is 1.05. The summed E-state index contributed by atoms with van der Waals surface area (Å²) in [7, 11) is 0. The molecule has 0 spiro atoms. The topological polar surface area (TPSA) is 60.2 Å². The Morgan fingerprint density at radius 1 is 1.12 bits per heavy atom. The fourth-order valence-electron chi connectivity index (χ4n) is 2.77. The molecule has 0 atom stereocenters. The molecular formula is C18H15FN4O2. The number of fused-ring (bicyclic) bond motifs is 1. The van der Waals surface area contributed by atoms with Crippen molar-refractivity contribution >= 4 is 11.7 Å². The van der Waals surface area contributed by atoms with Crippen LogP contribution in [-0.4, -0.2) is 27.2 Å². The van der Waals surface area contributed by atoms with Crippen LogP contribution in [0.3, 0.4) is 0 Å². The molecule has 7 heteroatoms. The first kappa shape index (κ1) is 15.3. The molecule has 1 aromatic carbocycles. The number of aromatic nitrogens is 3. The predicted molar refractivity (Wildman–Crippen MR) is 88.9 cm³/mol. The quantitative estimate of drug-likeness (QED) is 0.734. The highest BCUT2D eigenvalue weighted by molar-refractivity contribution is 6.05. The van der Waals surface area contributed by atoms with Crippen LogP contribution in [0.15, 0.2) is 54.7 Å². The third kappa shape index (κ3) is 2.96. The number of hydrogen-bond donors (Lipinski definition) is 0. The second kappa shape index (κ2) is 6.35. The van der Waals surface area contributed by atoms with Crippen LogP contribution in [0.4, 0.5) is 10.2 Å².